The molecule has 11 amide bonds. The number of anilines is 1. The zero-order valence-corrected chi connectivity index (χ0v) is 83.7. The van der Waals surface area contributed by atoms with Crippen LogP contribution in [-0.4, -0.2) is 219 Å². The van der Waals surface area contributed by atoms with E-state index in [-0.39, 0.29) is 127 Å². The van der Waals surface area contributed by atoms with E-state index in [0.717, 1.165) is 118 Å². The van der Waals surface area contributed by atoms with Crippen LogP contribution in [0.3, 0.4) is 0 Å². The van der Waals surface area contributed by atoms with Crippen molar-refractivity contribution in [1.29, 1.82) is 0 Å². The van der Waals surface area contributed by atoms with Crippen LogP contribution >= 0.6 is 0 Å². The van der Waals surface area contributed by atoms with Crippen LogP contribution < -0.4 is 69.1 Å². The minimum Gasteiger partial charge on any atom is -0.388 e. The summed E-state index contributed by atoms with van der Waals surface area (Å²) in [6, 6.07) is 5.28. The maximum Gasteiger partial charge on any atom is 0.320 e. The Morgan fingerprint density at radius 3 is 1.42 bits per heavy atom. The fourth-order valence-electron chi connectivity index (χ4n) is 13.7. The molecule has 2 aromatic heterocycles. The Morgan fingerprint density at radius 1 is 0.512 bits per heavy atom. The number of aromatic nitrogens is 2. The van der Waals surface area contributed by atoms with E-state index in [4.69, 9.17) is 0 Å². The number of carbonyl (C=O) groups is 9. The predicted octanol–water partition coefficient (Wildman–Crippen LogP) is 12.5. The molecule has 7 fully saturated rings. The van der Waals surface area contributed by atoms with Crippen LogP contribution in [0.5, 0.6) is 0 Å². The third-order valence-corrected chi connectivity index (χ3v) is 20.7. The molecule has 2 aromatic rings. The van der Waals surface area contributed by atoms with Crippen LogP contribution in [0, 0.1) is 37.5 Å². The number of piperidine rings is 3. The van der Waals surface area contributed by atoms with Gasteiger partial charge in [-0.3, -0.25) is 53.8 Å². The van der Waals surface area contributed by atoms with Gasteiger partial charge in [0.15, 0.2) is 0 Å². The number of hydrogen-bond acceptors (Lipinski definition) is 17. The number of piperazine rings is 1. The zero-order valence-electron chi connectivity index (χ0n) is 82.9. The van der Waals surface area contributed by atoms with E-state index in [2.05, 4.69) is 97.2 Å². The lowest BCUT2D eigenvalue weighted by Crippen LogP contribution is -2.55. The number of nitrogens with zero attached hydrogens (tertiary/aromatic N) is 6. The van der Waals surface area contributed by atoms with Crippen LogP contribution in [0.4, 0.5) is 15.4 Å². The maximum atomic E-state index is 11.9. The number of fused-ring (bicyclic) bond motifs is 1. The molecule has 0 radical (unpaired) electrons. The van der Waals surface area contributed by atoms with Crippen molar-refractivity contribution in [2.24, 2.45) is 35.7 Å². The molecule has 13 N–H and O–H groups in total. The lowest BCUT2D eigenvalue weighted by molar-refractivity contribution is -0.129. The number of carbonyl (C=O) groups excluding carboxylic acids is 9. The highest BCUT2D eigenvalue weighted by Crippen LogP contribution is 2.55. The number of likely N-dealkylation sites (N-methyl/N-ethyl adjacent to an activating group) is 1. The van der Waals surface area contributed by atoms with Crippen molar-refractivity contribution in [1.82, 2.24) is 87.5 Å². The largest absolute Gasteiger partial charge is 0.388 e. The molecule has 125 heavy (non-hydrogen) atoms. The average molecular weight is 1770 g/mol. The third kappa shape index (κ3) is 51.2. The molecular weight excluding hydrogens is 1600 g/mol. The Labute approximate surface area is 753 Å². The number of sulfonamides is 1. The molecule has 2 aliphatic carbocycles. The molecule has 10 rings (SSSR count). The summed E-state index contributed by atoms with van der Waals surface area (Å²) >= 11 is 0. The van der Waals surface area contributed by atoms with Gasteiger partial charge in [-0.2, -0.15) is 4.31 Å². The lowest BCUT2D eigenvalue weighted by Gasteiger charge is -2.35. The van der Waals surface area contributed by atoms with Gasteiger partial charge in [-0.15, -0.1) is 0 Å². The Hall–Kier alpha value is -8.42. The predicted molar refractivity (Wildman–Crippen MR) is 508 cm³/mol. The molecule has 0 spiro atoms. The maximum absolute atomic E-state index is 11.9. The zero-order chi connectivity index (χ0) is 96.0. The molecule has 31 heteroatoms. The highest BCUT2D eigenvalue weighted by molar-refractivity contribution is 7.88. The topological polar surface area (TPSA) is 384 Å². The molecule has 4 unspecified atom stereocenters. The van der Waals surface area contributed by atoms with Gasteiger partial charge in [0, 0.05) is 138 Å². The first-order valence-electron chi connectivity index (χ1n) is 44.8. The Balaban J connectivity index is 0.000000477. The van der Waals surface area contributed by atoms with E-state index < -0.39 is 10.0 Å². The summed E-state index contributed by atoms with van der Waals surface area (Å²) in [6.07, 6.45) is 23.1. The fraction of sp³-hybridized carbons (Fsp3) is 0.734. The molecule has 8 heterocycles. The molecule has 30 nitrogen and oxygen atoms in total. The molecule has 2 saturated carbocycles. The van der Waals surface area contributed by atoms with Crippen LogP contribution in [0.15, 0.2) is 71.9 Å². The summed E-state index contributed by atoms with van der Waals surface area (Å²) in [5.74, 6) is 3.55. The summed E-state index contributed by atoms with van der Waals surface area (Å²) in [6.45, 7) is 69.3. The van der Waals surface area contributed by atoms with E-state index in [1.54, 1.807) is 23.4 Å². The van der Waals surface area contributed by atoms with Gasteiger partial charge in [0.1, 0.15) is 17.6 Å². The van der Waals surface area contributed by atoms with Gasteiger partial charge in [-0.05, 0) is 333 Å². The van der Waals surface area contributed by atoms with Crippen molar-refractivity contribution < 1.29 is 51.6 Å². The standard InChI is InChI=1S/C11H19N3O.C11H20N2O.C11H16N2O.C11H22N2O.C11H19NO.C10H21N3O3S.C10H18N2O.C10H20N2O.C9H14N2O/c1-8-6-9(14(5)7-8)12-10(15)13-11(2,3)4;2*1-8-5-6-9(7-12-8)10(14)13-11(2,3)4;1-11(2,3)12-10(14)9-7-5-6-8-13(9)4;1-11(2,3)12-10(13)8-5-4-7-6-9(7)8;1-10(2,3)11-9(14)12-5-7-13(8-6-12)17(4,15)16;1-7-5-6-8(11-7)9(13)12-10(2,3)4;1-10(2,3)12-9(13)8-6-4-5-7-11-8;1-9(2,3)11-8(12)7-5-4-6-10-7/h6-7H,1-5H3,(H2,12,13,15);9,12H,1,5-7H2,2-4H3,(H,13,14);5-7H,1-4H3,(H,13,14);9H,5-8H2,1-4H3,(H,12,14);7-9H,4-6H2,1-3H3,(H,12,13);5-8H2,1-4H3,(H,11,14);8,11H,1,5-6H2,2-4H3,(H,12,13);8,11H,4-7H2,1-3H3,(H,12,13);5-6H,4H2,1-3H3,(H,11,12)/t;;;;7-,8-,9+;;;;/m....1..../s1. The summed E-state index contributed by atoms with van der Waals surface area (Å²) < 4.78 is 25.9. The first-order chi connectivity index (χ1) is 56.9. The number of amides is 11. The first-order valence-corrected chi connectivity index (χ1v) is 46.7. The molecule has 6 aliphatic heterocycles. The lowest BCUT2D eigenvalue weighted by atomic mass is 9.96. The number of rotatable bonds is 9. The van der Waals surface area contributed by atoms with Crippen molar-refractivity contribution >= 4 is 75.5 Å². The van der Waals surface area contributed by atoms with E-state index in [1.807, 2.05) is 244 Å². The first kappa shape index (κ1) is 113. The molecule has 712 valence electrons. The number of nitrogens with one attached hydrogen (secondary N) is 13. The second kappa shape index (κ2) is 49.2. The molecule has 8 aliphatic rings. The molecule has 0 aromatic carbocycles. The summed E-state index contributed by atoms with van der Waals surface area (Å²) in [7, 11) is 0.801. The van der Waals surface area contributed by atoms with Gasteiger partial charge in [0.2, 0.25) is 39.6 Å². The van der Waals surface area contributed by atoms with Crippen LogP contribution in [0.25, 0.3) is 0 Å². The van der Waals surface area contributed by atoms with Crippen molar-refractivity contribution in [3.05, 3.63) is 83.7 Å². The van der Waals surface area contributed by atoms with E-state index >= 15 is 0 Å². The number of allylic oxidation sites excluding steroid dienone is 3. The van der Waals surface area contributed by atoms with Crippen LogP contribution in [0.2, 0.25) is 0 Å². The monoisotopic (exact) mass is 1770 g/mol. The SMILES string of the molecule is C=C1CCC(C(=O)NC(C)(C)C)CN1.C=C1CCC(C(=O)NC(C)(C)C)N1.CC(C)(C)NC(=O)C1=CCC=N1.CC(C)(C)NC(=O)C1CCCCN1.CC(C)(C)NC(=O)N1CCN(S(C)(=O)=O)CC1.CC(C)(C)NC(=O)[C@@H]1CC[C@@H]2C[C@@H]21.CN1CCCCC1C(=O)NC(C)(C)C.Cc1cc(NC(=O)NC(C)(C)C)n(C)c1.Cc1ccc(C(=O)NC(C)(C)C)cn1. The Morgan fingerprint density at radius 2 is 1.01 bits per heavy atom. The van der Waals surface area contributed by atoms with Crippen molar-refractivity contribution in [3.8, 4) is 0 Å². The summed E-state index contributed by atoms with van der Waals surface area (Å²) in [5.41, 5.74) is 3.73. The van der Waals surface area contributed by atoms with Crippen LogP contribution in [0.1, 0.15) is 298 Å². The number of likely N-dealkylation sites (tertiary alicyclic amines) is 1. The van der Waals surface area contributed by atoms with Gasteiger partial charge in [0.05, 0.1) is 29.8 Å². The number of aryl methyl sites for hydroxylation is 3. The highest BCUT2D eigenvalue weighted by atomic mass is 32.2. The van der Waals surface area contributed by atoms with Crippen molar-refractivity contribution in [2.45, 2.75) is 359 Å². The summed E-state index contributed by atoms with van der Waals surface area (Å²) in [4.78, 5) is 117. The molecular formula is C94H169N19O11S. The summed E-state index contributed by atoms with van der Waals surface area (Å²) in [5, 5.41) is 38.7. The number of aliphatic imine (C=N–C) groups is 1. The smallest absolute Gasteiger partial charge is 0.320 e. The van der Waals surface area contributed by atoms with Gasteiger partial charge in [-0.1, -0.05) is 26.0 Å². The van der Waals surface area contributed by atoms with Crippen LogP contribution in [-0.2, 0) is 45.8 Å². The normalized spacial score (nSPS) is 20.8. The number of hydrogen-bond donors (Lipinski definition) is 13. The van der Waals surface area contributed by atoms with Gasteiger partial charge < -0.3 is 73.3 Å². The molecule has 5 saturated heterocycles. The average Bonchev–Trinajstić information content (AvgIpc) is 1.61. The van der Waals surface area contributed by atoms with E-state index in [9.17, 15) is 51.6 Å². The number of pyridine rings is 1. The third-order valence-electron chi connectivity index (χ3n) is 19.4. The molecule has 7 atom stereocenters. The quantitative estimate of drug-likeness (QED) is 0.111. The number of urea groups is 2. The van der Waals surface area contributed by atoms with E-state index in [0.29, 0.717) is 43.4 Å². The van der Waals surface area contributed by atoms with Crippen molar-refractivity contribution in [3.63, 3.8) is 0 Å². The minimum atomic E-state index is -3.14. The van der Waals surface area contributed by atoms with E-state index in [1.165, 1.54) is 42.7 Å². The second-order valence-electron chi connectivity index (χ2n) is 43.5. The Bertz CT molecular complexity index is 3990. The molecule has 0 bridgehead atoms. The minimum absolute atomic E-state index is 0.0352. The van der Waals surface area contributed by atoms with Gasteiger partial charge in [-0.25, -0.2) is 18.0 Å². The van der Waals surface area contributed by atoms with Crippen molar-refractivity contribution in [2.75, 3.05) is 64.4 Å². The Kier molecular flexibility index (Phi) is 44.4. The second-order valence-corrected chi connectivity index (χ2v) is 45.5. The van der Waals surface area contributed by atoms with Gasteiger partial charge in [0.25, 0.3) is 11.8 Å². The van der Waals surface area contributed by atoms with Gasteiger partial charge >= 0.3 is 12.1 Å². The fourth-order valence-corrected chi connectivity index (χ4v) is 14.5. The highest BCUT2D eigenvalue weighted by Gasteiger charge is 2.51.